The van der Waals surface area contributed by atoms with Crippen LogP contribution in [-0.4, -0.2) is 19.4 Å². The van der Waals surface area contributed by atoms with Crippen LogP contribution in [0.25, 0.3) is 0 Å². The summed E-state index contributed by atoms with van der Waals surface area (Å²) in [7, 11) is 0. The second kappa shape index (κ2) is 6.59. The second-order valence-electron chi connectivity index (χ2n) is 4.52. The standard InChI is InChI=1S/C13H17ClF3NO/c1-8-5-10(11(14)6-9(8)2)12(18)3-4-19-7-13(15,16)17/h5-6,12H,3-4,7,18H2,1-2H3. The van der Waals surface area contributed by atoms with Crippen LogP contribution >= 0.6 is 11.6 Å². The summed E-state index contributed by atoms with van der Waals surface area (Å²) >= 11 is 6.08. The van der Waals surface area contributed by atoms with Gasteiger partial charge in [0.1, 0.15) is 6.61 Å². The highest BCUT2D eigenvalue weighted by atomic mass is 35.5. The summed E-state index contributed by atoms with van der Waals surface area (Å²) in [4.78, 5) is 0. The van der Waals surface area contributed by atoms with Crippen LogP contribution in [0, 0.1) is 13.8 Å². The van der Waals surface area contributed by atoms with Crippen LogP contribution in [0.4, 0.5) is 13.2 Å². The van der Waals surface area contributed by atoms with Gasteiger partial charge in [-0.1, -0.05) is 17.7 Å². The molecule has 1 aromatic carbocycles. The van der Waals surface area contributed by atoms with Gasteiger partial charge in [-0.3, -0.25) is 0 Å². The highest BCUT2D eigenvalue weighted by Crippen LogP contribution is 2.27. The number of halogens is 4. The van der Waals surface area contributed by atoms with Crippen LogP contribution < -0.4 is 5.73 Å². The van der Waals surface area contributed by atoms with E-state index in [0.717, 1.165) is 16.7 Å². The summed E-state index contributed by atoms with van der Waals surface area (Å²) in [6.07, 6.45) is -4.01. The number of hydrogen-bond acceptors (Lipinski definition) is 2. The number of aryl methyl sites for hydroxylation is 2. The Hall–Kier alpha value is -0.780. The minimum atomic E-state index is -4.30. The molecular formula is C13H17ClF3NO. The zero-order valence-corrected chi connectivity index (χ0v) is 11.6. The largest absolute Gasteiger partial charge is 0.411 e. The molecule has 108 valence electrons. The minimum Gasteiger partial charge on any atom is -0.372 e. The van der Waals surface area contributed by atoms with Gasteiger partial charge in [-0.2, -0.15) is 13.2 Å². The lowest BCUT2D eigenvalue weighted by Gasteiger charge is -2.16. The highest BCUT2D eigenvalue weighted by Gasteiger charge is 2.27. The van der Waals surface area contributed by atoms with Crippen LogP contribution in [0.15, 0.2) is 12.1 Å². The van der Waals surface area contributed by atoms with E-state index in [2.05, 4.69) is 4.74 Å². The molecule has 0 radical (unpaired) electrons. The van der Waals surface area contributed by atoms with Crippen molar-refractivity contribution in [3.8, 4) is 0 Å². The van der Waals surface area contributed by atoms with Crippen molar-refractivity contribution in [1.82, 2.24) is 0 Å². The van der Waals surface area contributed by atoms with Crippen LogP contribution in [0.2, 0.25) is 5.02 Å². The predicted molar refractivity (Wildman–Crippen MR) is 69.3 cm³/mol. The zero-order valence-electron chi connectivity index (χ0n) is 10.9. The SMILES string of the molecule is Cc1cc(Cl)c(C(N)CCOCC(F)(F)F)cc1C. The number of rotatable bonds is 5. The van der Waals surface area contributed by atoms with Crippen molar-refractivity contribution in [3.05, 3.63) is 33.8 Å². The first-order chi connectivity index (χ1) is 8.70. The maximum Gasteiger partial charge on any atom is 0.411 e. The van der Waals surface area contributed by atoms with Crippen LogP contribution in [-0.2, 0) is 4.74 Å². The Bertz CT molecular complexity index is 435. The van der Waals surface area contributed by atoms with E-state index in [1.807, 2.05) is 26.0 Å². The van der Waals surface area contributed by atoms with Crippen molar-refractivity contribution in [2.24, 2.45) is 5.73 Å². The summed E-state index contributed by atoms with van der Waals surface area (Å²) in [6, 6.07) is 3.24. The quantitative estimate of drug-likeness (QED) is 0.836. The van der Waals surface area contributed by atoms with Gasteiger partial charge >= 0.3 is 6.18 Å². The molecule has 0 aromatic heterocycles. The number of hydrogen-bond donors (Lipinski definition) is 1. The highest BCUT2D eigenvalue weighted by molar-refractivity contribution is 6.31. The summed E-state index contributed by atoms with van der Waals surface area (Å²) < 4.78 is 40.2. The first-order valence-corrected chi connectivity index (χ1v) is 6.25. The molecule has 0 amide bonds. The molecule has 0 aliphatic rings. The molecule has 1 rings (SSSR count). The Kier molecular flexibility index (Phi) is 5.64. The fourth-order valence-electron chi connectivity index (χ4n) is 1.64. The molecule has 1 unspecified atom stereocenters. The molecule has 2 nitrogen and oxygen atoms in total. The molecule has 0 saturated carbocycles. The van der Waals surface area contributed by atoms with E-state index in [9.17, 15) is 13.2 Å². The van der Waals surface area contributed by atoms with Crippen LogP contribution in [0.3, 0.4) is 0 Å². The summed E-state index contributed by atoms with van der Waals surface area (Å²) in [5.41, 5.74) is 8.75. The Labute approximate surface area is 115 Å². The molecule has 6 heteroatoms. The van der Waals surface area contributed by atoms with Crippen molar-refractivity contribution in [3.63, 3.8) is 0 Å². The van der Waals surface area contributed by atoms with E-state index in [0.29, 0.717) is 5.02 Å². The molecule has 0 spiro atoms. The molecule has 0 fully saturated rings. The fourth-order valence-corrected chi connectivity index (χ4v) is 2.00. The van der Waals surface area contributed by atoms with Crippen LogP contribution in [0.1, 0.15) is 29.2 Å². The van der Waals surface area contributed by atoms with E-state index >= 15 is 0 Å². The predicted octanol–water partition coefficient (Wildman–Crippen LogP) is 3.93. The number of alkyl halides is 3. The molecule has 0 heterocycles. The summed E-state index contributed by atoms with van der Waals surface area (Å²) in [5.74, 6) is 0. The van der Waals surface area contributed by atoms with E-state index in [-0.39, 0.29) is 13.0 Å². The van der Waals surface area contributed by atoms with Crippen molar-refractivity contribution in [1.29, 1.82) is 0 Å². The molecule has 19 heavy (non-hydrogen) atoms. The topological polar surface area (TPSA) is 35.2 Å². The Balaban J connectivity index is 2.54. The van der Waals surface area contributed by atoms with Gasteiger partial charge in [0.2, 0.25) is 0 Å². The monoisotopic (exact) mass is 295 g/mol. The lowest BCUT2D eigenvalue weighted by molar-refractivity contribution is -0.174. The smallest absolute Gasteiger partial charge is 0.372 e. The lowest BCUT2D eigenvalue weighted by atomic mass is 10.00. The van der Waals surface area contributed by atoms with Crippen molar-refractivity contribution >= 4 is 11.6 Å². The van der Waals surface area contributed by atoms with Crippen LogP contribution in [0.5, 0.6) is 0 Å². The number of nitrogens with two attached hydrogens (primary N) is 1. The maximum absolute atomic E-state index is 11.9. The van der Waals surface area contributed by atoms with Gasteiger partial charge in [0, 0.05) is 17.7 Å². The average molecular weight is 296 g/mol. The molecule has 1 atom stereocenters. The average Bonchev–Trinajstić information content (AvgIpc) is 2.28. The van der Waals surface area contributed by atoms with Crippen molar-refractivity contribution in [2.45, 2.75) is 32.5 Å². The van der Waals surface area contributed by atoms with Gasteiger partial charge < -0.3 is 10.5 Å². The van der Waals surface area contributed by atoms with Gasteiger partial charge in [0.15, 0.2) is 0 Å². The molecule has 0 bridgehead atoms. The minimum absolute atomic E-state index is 0.0517. The van der Waals surface area contributed by atoms with Crippen molar-refractivity contribution < 1.29 is 17.9 Å². The van der Waals surface area contributed by atoms with Crippen molar-refractivity contribution in [2.75, 3.05) is 13.2 Å². The first-order valence-electron chi connectivity index (χ1n) is 5.87. The van der Waals surface area contributed by atoms with E-state index in [1.54, 1.807) is 0 Å². The van der Waals surface area contributed by atoms with E-state index in [4.69, 9.17) is 17.3 Å². The molecule has 1 aromatic rings. The molecular weight excluding hydrogens is 279 g/mol. The summed E-state index contributed by atoms with van der Waals surface area (Å²) in [6.45, 7) is 2.56. The first kappa shape index (κ1) is 16.3. The fraction of sp³-hybridized carbons (Fsp3) is 0.538. The Morgan fingerprint density at radius 2 is 1.84 bits per heavy atom. The molecule has 0 saturated heterocycles. The van der Waals surface area contributed by atoms with Gasteiger partial charge in [0.05, 0.1) is 0 Å². The normalized spacial score (nSPS) is 13.6. The van der Waals surface area contributed by atoms with E-state index in [1.165, 1.54) is 0 Å². The third-order valence-corrected chi connectivity index (χ3v) is 3.18. The molecule has 0 aliphatic carbocycles. The maximum atomic E-state index is 11.9. The Morgan fingerprint density at radius 1 is 1.26 bits per heavy atom. The van der Waals surface area contributed by atoms with E-state index < -0.39 is 18.8 Å². The molecule has 2 N–H and O–H groups in total. The Morgan fingerprint density at radius 3 is 2.42 bits per heavy atom. The van der Waals surface area contributed by atoms with Gasteiger partial charge in [-0.25, -0.2) is 0 Å². The molecule has 0 aliphatic heterocycles. The summed E-state index contributed by atoms with van der Waals surface area (Å²) in [5, 5.41) is 0.534. The van der Waals surface area contributed by atoms with Gasteiger partial charge in [0.25, 0.3) is 0 Å². The third-order valence-electron chi connectivity index (χ3n) is 2.85. The second-order valence-corrected chi connectivity index (χ2v) is 4.93. The lowest BCUT2D eigenvalue weighted by Crippen LogP contribution is -2.20. The third kappa shape index (κ3) is 5.38. The van der Waals surface area contributed by atoms with Gasteiger partial charge in [-0.05, 0) is 43.0 Å². The number of benzene rings is 1. The number of ether oxygens (including phenoxy) is 1. The van der Waals surface area contributed by atoms with Gasteiger partial charge in [-0.15, -0.1) is 0 Å². The zero-order chi connectivity index (χ0) is 14.6.